The highest BCUT2D eigenvalue weighted by Gasteiger charge is 2.43. The molecule has 0 bridgehead atoms. The fraction of sp³-hybridized carbons (Fsp3) is 0.417. The maximum absolute atomic E-state index is 14.2. The first-order valence-electron chi connectivity index (χ1n) is 9.87. The van der Waals surface area contributed by atoms with Crippen LogP contribution in [0.4, 0.5) is 13.2 Å². The molecule has 0 saturated heterocycles. The SMILES string of the molecule is CC(C)=c1ccc2cc(O[Si](C)(C)C(C)(C)C)c(C(F)(F)F)c3cc(C)c(c1)-c23. The summed E-state index contributed by atoms with van der Waals surface area (Å²) in [5.74, 6) is -0.0477. The Balaban J connectivity index is 2.44. The fourth-order valence-electron chi connectivity index (χ4n) is 3.45. The van der Waals surface area contributed by atoms with Crippen LogP contribution in [0.3, 0.4) is 0 Å². The molecule has 0 aliphatic heterocycles. The van der Waals surface area contributed by atoms with Gasteiger partial charge in [-0.3, -0.25) is 0 Å². The quantitative estimate of drug-likeness (QED) is 0.390. The Morgan fingerprint density at radius 1 is 0.966 bits per heavy atom. The van der Waals surface area contributed by atoms with E-state index >= 15 is 0 Å². The first kappa shape index (κ1) is 21.7. The minimum atomic E-state index is -4.50. The summed E-state index contributed by atoms with van der Waals surface area (Å²) in [6, 6.07) is 9.14. The second-order valence-electron chi connectivity index (χ2n) is 9.66. The number of hydrogen-bond acceptors (Lipinski definition) is 1. The van der Waals surface area contributed by atoms with Crippen molar-refractivity contribution in [3.63, 3.8) is 0 Å². The van der Waals surface area contributed by atoms with Crippen molar-refractivity contribution in [3.8, 4) is 16.9 Å². The zero-order chi connectivity index (χ0) is 21.9. The lowest BCUT2D eigenvalue weighted by molar-refractivity contribution is -0.137. The van der Waals surface area contributed by atoms with Crippen LogP contribution in [0.15, 0.2) is 30.3 Å². The Hall–Kier alpha value is -2.01. The Labute approximate surface area is 172 Å². The van der Waals surface area contributed by atoms with Crippen LogP contribution >= 0.6 is 0 Å². The Morgan fingerprint density at radius 3 is 2.10 bits per heavy atom. The molecule has 1 aromatic carbocycles. The molecule has 0 unspecified atom stereocenters. The van der Waals surface area contributed by atoms with E-state index in [1.54, 1.807) is 12.1 Å². The molecule has 0 radical (unpaired) electrons. The molecule has 3 rings (SSSR count). The second-order valence-corrected chi connectivity index (χ2v) is 14.4. The molecule has 0 fully saturated rings. The summed E-state index contributed by atoms with van der Waals surface area (Å²) in [6.07, 6.45) is -4.50. The smallest absolute Gasteiger partial charge is 0.420 e. The van der Waals surface area contributed by atoms with E-state index in [1.807, 2.05) is 72.8 Å². The monoisotopic (exact) mass is 418 g/mol. The standard InChI is InChI=1S/C24H29F3OSi/c1-14(2)16-9-10-17-13-20(28-29(7,8)23(4,5)6)22(24(25,26)27)19-11-15(3)18(12-16)21(17)19/h9-13H,1-8H3. The largest absolute Gasteiger partial charge is 0.543 e. The van der Waals surface area contributed by atoms with Gasteiger partial charge in [-0.2, -0.15) is 13.2 Å². The maximum atomic E-state index is 14.2. The molecule has 0 N–H and O–H groups in total. The van der Waals surface area contributed by atoms with Gasteiger partial charge in [-0.05, 0) is 83.7 Å². The maximum Gasteiger partial charge on any atom is 0.420 e. The lowest BCUT2D eigenvalue weighted by Crippen LogP contribution is -2.44. The van der Waals surface area contributed by atoms with E-state index < -0.39 is 20.1 Å². The summed E-state index contributed by atoms with van der Waals surface area (Å²) in [5.41, 5.74) is 2.83. The van der Waals surface area contributed by atoms with Gasteiger partial charge in [0.25, 0.3) is 0 Å². The minimum absolute atomic E-state index is 0.0477. The Bertz CT molecular complexity index is 1100. The van der Waals surface area contributed by atoms with E-state index in [9.17, 15) is 13.2 Å². The van der Waals surface area contributed by atoms with Crippen molar-refractivity contribution in [2.75, 3.05) is 0 Å². The van der Waals surface area contributed by atoms with Gasteiger partial charge >= 0.3 is 6.18 Å². The van der Waals surface area contributed by atoms with Crippen LogP contribution in [0, 0.1) is 6.92 Å². The molecular weight excluding hydrogens is 389 g/mol. The van der Waals surface area contributed by atoms with Gasteiger partial charge in [0.15, 0.2) is 0 Å². The summed E-state index contributed by atoms with van der Waals surface area (Å²) < 4.78 is 49.0. The van der Waals surface area contributed by atoms with E-state index in [1.165, 1.54) is 0 Å². The summed E-state index contributed by atoms with van der Waals surface area (Å²) in [4.78, 5) is 0. The van der Waals surface area contributed by atoms with Gasteiger partial charge in [0, 0.05) is 0 Å². The molecule has 29 heavy (non-hydrogen) atoms. The molecule has 156 valence electrons. The number of aryl methyl sites for hydroxylation is 1. The first-order valence-corrected chi connectivity index (χ1v) is 12.8. The van der Waals surface area contributed by atoms with Crippen LogP contribution in [-0.4, -0.2) is 8.32 Å². The van der Waals surface area contributed by atoms with Crippen LogP contribution in [0.5, 0.6) is 5.75 Å². The molecule has 0 atom stereocenters. The van der Waals surface area contributed by atoms with Crippen LogP contribution in [0.25, 0.3) is 27.5 Å². The van der Waals surface area contributed by atoms with Crippen molar-refractivity contribution in [2.24, 2.45) is 0 Å². The molecule has 0 heterocycles. The van der Waals surface area contributed by atoms with Crippen molar-refractivity contribution < 1.29 is 17.6 Å². The third-order valence-electron chi connectivity index (χ3n) is 6.19. The Kier molecular flexibility index (Phi) is 5.06. The fourth-order valence-corrected chi connectivity index (χ4v) is 4.46. The van der Waals surface area contributed by atoms with Crippen molar-refractivity contribution in [1.82, 2.24) is 0 Å². The van der Waals surface area contributed by atoms with Gasteiger partial charge in [0.1, 0.15) is 11.3 Å². The lowest BCUT2D eigenvalue weighted by atomic mass is 9.98. The Morgan fingerprint density at radius 2 is 1.59 bits per heavy atom. The summed E-state index contributed by atoms with van der Waals surface area (Å²) in [7, 11) is -2.45. The van der Waals surface area contributed by atoms with E-state index in [2.05, 4.69) is 0 Å². The molecule has 0 saturated carbocycles. The number of benzene rings is 1. The van der Waals surface area contributed by atoms with E-state index in [0.29, 0.717) is 5.56 Å². The molecular formula is C24H29F3OSi. The molecule has 2 aliphatic rings. The average molecular weight is 419 g/mol. The number of rotatable bonds is 2. The normalized spacial score (nSPS) is 13.3. The van der Waals surface area contributed by atoms with E-state index in [-0.39, 0.29) is 16.2 Å². The van der Waals surface area contributed by atoms with Crippen molar-refractivity contribution >= 4 is 24.7 Å². The van der Waals surface area contributed by atoms with Gasteiger partial charge in [-0.15, -0.1) is 0 Å². The minimum Gasteiger partial charge on any atom is -0.543 e. The van der Waals surface area contributed by atoms with Gasteiger partial charge in [0.2, 0.25) is 8.32 Å². The lowest BCUT2D eigenvalue weighted by Gasteiger charge is -2.37. The second kappa shape index (κ2) is 6.76. The molecule has 1 nitrogen and oxygen atoms in total. The van der Waals surface area contributed by atoms with Crippen molar-refractivity contribution in [3.05, 3.63) is 46.7 Å². The highest BCUT2D eigenvalue weighted by Crippen LogP contribution is 2.50. The summed E-state index contributed by atoms with van der Waals surface area (Å²) in [6.45, 7) is 15.9. The van der Waals surface area contributed by atoms with Crippen LogP contribution < -0.4 is 9.64 Å². The van der Waals surface area contributed by atoms with Crippen molar-refractivity contribution in [1.29, 1.82) is 0 Å². The van der Waals surface area contributed by atoms with Gasteiger partial charge < -0.3 is 4.43 Å². The molecule has 1 aromatic rings. The molecule has 0 amide bonds. The topological polar surface area (TPSA) is 9.23 Å². The van der Waals surface area contributed by atoms with Gasteiger partial charge in [-0.1, -0.05) is 44.5 Å². The highest BCUT2D eigenvalue weighted by atomic mass is 28.4. The van der Waals surface area contributed by atoms with E-state index in [4.69, 9.17) is 4.43 Å². The summed E-state index contributed by atoms with van der Waals surface area (Å²) in [5, 5.41) is 1.83. The van der Waals surface area contributed by atoms with Crippen LogP contribution in [0.2, 0.25) is 18.1 Å². The molecule has 0 spiro atoms. The van der Waals surface area contributed by atoms with E-state index in [0.717, 1.165) is 27.3 Å². The number of alkyl halides is 3. The first-order chi connectivity index (χ1) is 13.1. The average Bonchev–Trinajstić information content (AvgIpc) is 2.72. The number of halogens is 3. The summed E-state index contributed by atoms with van der Waals surface area (Å²) >= 11 is 0. The third kappa shape index (κ3) is 3.77. The third-order valence-corrected chi connectivity index (χ3v) is 10.5. The zero-order valence-electron chi connectivity index (χ0n) is 18.4. The van der Waals surface area contributed by atoms with Crippen molar-refractivity contribution in [2.45, 2.75) is 65.9 Å². The van der Waals surface area contributed by atoms with Crippen LogP contribution in [-0.2, 0) is 6.18 Å². The number of hydrogen-bond donors (Lipinski definition) is 0. The molecule has 5 heteroatoms. The van der Waals surface area contributed by atoms with Crippen LogP contribution in [0.1, 0.15) is 45.7 Å². The predicted molar refractivity (Wildman–Crippen MR) is 118 cm³/mol. The van der Waals surface area contributed by atoms with Gasteiger partial charge in [-0.25, -0.2) is 0 Å². The molecule has 2 aliphatic carbocycles. The van der Waals surface area contributed by atoms with Gasteiger partial charge in [0.05, 0.1) is 0 Å². The highest BCUT2D eigenvalue weighted by molar-refractivity contribution is 6.74. The molecule has 0 aromatic heterocycles. The predicted octanol–water partition coefficient (Wildman–Crippen LogP) is 7.57. The zero-order valence-corrected chi connectivity index (χ0v) is 19.4.